The van der Waals surface area contributed by atoms with Crippen LogP contribution in [0.5, 0.6) is 0 Å². The molecule has 2 N–H and O–H groups in total. The molecule has 146 valence electrons. The van der Waals surface area contributed by atoms with Crippen molar-refractivity contribution in [2.75, 3.05) is 4.72 Å². The van der Waals surface area contributed by atoms with Crippen molar-refractivity contribution in [3.05, 3.63) is 58.6 Å². The fourth-order valence-electron chi connectivity index (χ4n) is 2.13. The monoisotopic (exact) mass is 413 g/mol. The summed E-state index contributed by atoms with van der Waals surface area (Å²) in [6, 6.07) is 9.60. The second-order valence-corrected chi connectivity index (χ2v) is 10.1. The Bertz CT molecular complexity index is 1040. The van der Waals surface area contributed by atoms with E-state index in [-0.39, 0.29) is 21.2 Å². The first-order chi connectivity index (χ1) is 12.3. The van der Waals surface area contributed by atoms with E-state index in [1.807, 2.05) is 0 Å². The largest absolute Gasteiger partial charge is 0.280 e. The number of hydrogen-bond acceptors (Lipinski definition) is 6. The number of benzene rings is 2. The molecule has 0 aliphatic heterocycles. The number of anilines is 1. The van der Waals surface area contributed by atoms with E-state index in [4.69, 9.17) is 0 Å². The minimum Gasteiger partial charge on any atom is -0.280 e. The normalized spacial score (nSPS) is 12.6. The number of nitrogens with one attached hydrogen (secondary N) is 2. The molecule has 0 heterocycles. The highest BCUT2D eigenvalue weighted by atomic mass is 32.2. The molecule has 0 saturated carbocycles. The van der Waals surface area contributed by atoms with E-state index in [1.165, 1.54) is 24.3 Å². The zero-order chi connectivity index (χ0) is 20.5. The molecule has 0 bridgehead atoms. The predicted molar refractivity (Wildman–Crippen MR) is 100 cm³/mol. The fraction of sp³-hybridized carbons (Fsp3) is 0.250. The standard InChI is InChI=1S/C16H19N3O6S2/c1-16(2,3)18-27(24,25)15-8-4-12(5-9-15)17-26(22,23)14-10-6-13(7-11-14)19(20)21/h4-11,17-18H,1-3H3. The van der Waals surface area contributed by atoms with Gasteiger partial charge < -0.3 is 0 Å². The average Bonchev–Trinajstić information content (AvgIpc) is 2.53. The molecule has 2 aromatic carbocycles. The van der Waals surface area contributed by atoms with E-state index < -0.39 is 30.5 Å². The first-order valence-electron chi connectivity index (χ1n) is 7.71. The number of non-ortho nitro benzene ring substituents is 1. The van der Waals surface area contributed by atoms with Crippen LogP contribution >= 0.6 is 0 Å². The van der Waals surface area contributed by atoms with E-state index in [2.05, 4.69) is 9.44 Å². The third-order valence-corrected chi connectivity index (χ3v) is 6.39. The molecular formula is C16H19N3O6S2. The van der Waals surface area contributed by atoms with Crippen LogP contribution in [-0.4, -0.2) is 27.3 Å². The van der Waals surface area contributed by atoms with Crippen LogP contribution in [-0.2, 0) is 20.0 Å². The van der Waals surface area contributed by atoms with Crippen LogP contribution in [0.1, 0.15) is 20.8 Å². The quantitative estimate of drug-likeness (QED) is 0.551. The summed E-state index contributed by atoms with van der Waals surface area (Å²) in [6.07, 6.45) is 0. The summed E-state index contributed by atoms with van der Waals surface area (Å²) in [7, 11) is -7.71. The van der Waals surface area contributed by atoms with Crippen LogP contribution in [0.3, 0.4) is 0 Å². The smallest absolute Gasteiger partial charge is 0.269 e. The molecule has 0 aliphatic carbocycles. The molecule has 0 unspecified atom stereocenters. The van der Waals surface area contributed by atoms with Crippen LogP contribution in [0.25, 0.3) is 0 Å². The zero-order valence-electron chi connectivity index (χ0n) is 14.8. The minimum atomic E-state index is -3.97. The second-order valence-electron chi connectivity index (χ2n) is 6.74. The molecular weight excluding hydrogens is 394 g/mol. The predicted octanol–water partition coefficient (Wildman–Crippen LogP) is 2.47. The lowest BCUT2D eigenvalue weighted by atomic mass is 10.1. The summed E-state index contributed by atoms with van der Waals surface area (Å²) in [5, 5.41) is 10.6. The topological polar surface area (TPSA) is 135 Å². The number of nitro groups is 1. The molecule has 2 aromatic rings. The number of nitrogens with zero attached hydrogens (tertiary/aromatic N) is 1. The van der Waals surface area contributed by atoms with Gasteiger partial charge in [0.05, 0.1) is 14.7 Å². The molecule has 0 amide bonds. The van der Waals surface area contributed by atoms with Crippen molar-refractivity contribution in [3.63, 3.8) is 0 Å². The summed E-state index contributed by atoms with van der Waals surface area (Å²) in [4.78, 5) is 9.85. The van der Waals surface area contributed by atoms with Gasteiger partial charge in [0, 0.05) is 23.4 Å². The van der Waals surface area contributed by atoms with Crippen molar-refractivity contribution in [3.8, 4) is 0 Å². The zero-order valence-corrected chi connectivity index (χ0v) is 16.5. The molecule has 9 nitrogen and oxygen atoms in total. The summed E-state index contributed by atoms with van der Waals surface area (Å²) in [5.41, 5.74) is -0.729. The molecule has 0 fully saturated rings. The van der Waals surface area contributed by atoms with Gasteiger partial charge in [-0.1, -0.05) is 0 Å². The Morgan fingerprint density at radius 3 is 1.70 bits per heavy atom. The highest BCUT2D eigenvalue weighted by molar-refractivity contribution is 7.92. The highest BCUT2D eigenvalue weighted by Crippen LogP contribution is 2.21. The lowest BCUT2D eigenvalue weighted by Crippen LogP contribution is -2.40. The molecule has 0 aliphatic rings. The molecule has 0 atom stereocenters. The Hall–Kier alpha value is -2.50. The Morgan fingerprint density at radius 1 is 0.815 bits per heavy atom. The third-order valence-electron chi connectivity index (χ3n) is 3.22. The van der Waals surface area contributed by atoms with Crippen LogP contribution < -0.4 is 9.44 Å². The van der Waals surface area contributed by atoms with Crippen LogP contribution in [0.4, 0.5) is 11.4 Å². The Morgan fingerprint density at radius 2 is 1.26 bits per heavy atom. The second kappa shape index (κ2) is 7.25. The Kier molecular flexibility index (Phi) is 5.59. The fourth-order valence-corrected chi connectivity index (χ4v) is 4.60. The number of nitro benzene ring substituents is 1. The summed E-state index contributed by atoms with van der Waals surface area (Å²) < 4.78 is 54.0. The third kappa shape index (κ3) is 5.49. The van der Waals surface area contributed by atoms with Gasteiger partial charge >= 0.3 is 0 Å². The molecule has 0 spiro atoms. The number of sulfonamides is 2. The molecule has 0 saturated heterocycles. The average molecular weight is 413 g/mol. The molecule has 11 heteroatoms. The molecule has 27 heavy (non-hydrogen) atoms. The first kappa shape index (κ1) is 20.8. The maximum atomic E-state index is 12.3. The van der Waals surface area contributed by atoms with Gasteiger partial charge in [-0.25, -0.2) is 21.6 Å². The van der Waals surface area contributed by atoms with Crippen molar-refractivity contribution in [2.45, 2.75) is 36.1 Å². The Balaban J connectivity index is 2.21. The van der Waals surface area contributed by atoms with Gasteiger partial charge in [-0.2, -0.15) is 0 Å². The van der Waals surface area contributed by atoms with E-state index >= 15 is 0 Å². The molecule has 0 radical (unpaired) electrons. The van der Waals surface area contributed by atoms with Gasteiger partial charge in [-0.3, -0.25) is 14.8 Å². The molecule has 2 rings (SSSR count). The lowest BCUT2D eigenvalue weighted by molar-refractivity contribution is -0.384. The number of hydrogen-bond donors (Lipinski definition) is 2. The Labute approximate surface area is 157 Å². The first-order valence-corrected chi connectivity index (χ1v) is 10.7. The molecule has 0 aromatic heterocycles. The van der Waals surface area contributed by atoms with Gasteiger partial charge in [-0.15, -0.1) is 0 Å². The van der Waals surface area contributed by atoms with Crippen molar-refractivity contribution >= 4 is 31.4 Å². The van der Waals surface area contributed by atoms with Gasteiger partial charge in [0.25, 0.3) is 15.7 Å². The van der Waals surface area contributed by atoms with Crippen LogP contribution in [0.15, 0.2) is 58.3 Å². The summed E-state index contributed by atoms with van der Waals surface area (Å²) in [6.45, 7) is 5.12. The number of rotatable bonds is 6. The maximum Gasteiger partial charge on any atom is 0.269 e. The van der Waals surface area contributed by atoms with E-state index in [0.29, 0.717) is 0 Å². The van der Waals surface area contributed by atoms with Gasteiger partial charge in [0.15, 0.2) is 0 Å². The van der Waals surface area contributed by atoms with Crippen molar-refractivity contribution in [1.82, 2.24) is 4.72 Å². The van der Waals surface area contributed by atoms with Crippen molar-refractivity contribution in [1.29, 1.82) is 0 Å². The summed E-state index contributed by atoms with van der Waals surface area (Å²) >= 11 is 0. The van der Waals surface area contributed by atoms with Crippen LogP contribution in [0.2, 0.25) is 0 Å². The van der Waals surface area contributed by atoms with E-state index in [9.17, 15) is 26.9 Å². The lowest BCUT2D eigenvalue weighted by Gasteiger charge is -2.20. The maximum absolute atomic E-state index is 12.3. The SMILES string of the molecule is CC(C)(C)NS(=O)(=O)c1ccc(NS(=O)(=O)c2ccc([N+](=O)[O-])cc2)cc1. The van der Waals surface area contributed by atoms with Gasteiger partial charge in [-0.05, 0) is 57.2 Å². The van der Waals surface area contributed by atoms with E-state index in [0.717, 1.165) is 24.3 Å². The minimum absolute atomic E-state index is 0.00397. The van der Waals surface area contributed by atoms with Crippen LogP contribution in [0, 0.1) is 10.1 Å². The summed E-state index contributed by atoms with van der Waals surface area (Å²) in [5.74, 6) is 0. The highest BCUT2D eigenvalue weighted by Gasteiger charge is 2.22. The van der Waals surface area contributed by atoms with Crippen molar-refractivity contribution in [2.24, 2.45) is 0 Å². The van der Waals surface area contributed by atoms with Gasteiger partial charge in [0.2, 0.25) is 10.0 Å². The van der Waals surface area contributed by atoms with E-state index in [1.54, 1.807) is 20.8 Å². The van der Waals surface area contributed by atoms with Gasteiger partial charge in [0.1, 0.15) is 0 Å². The van der Waals surface area contributed by atoms with Crippen molar-refractivity contribution < 1.29 is 21.8 Å².